The number of halogens is 1. The van der Waals surface area contributed by atoms with Crippen LogP contribution in [0.15, 0.2) is 33.2 Å². The van der Waals surface area contributed by atoms with Gasteiger partial charge < -0.3 is 10.2 Å². The van der Waals surface area contributed by atoms with E-state index in [1.54, 1.807) is 0 Å². The van der Waals surface area contributed by atoms with Crippen molar-refractivity contribution >= 4 is 32.7 Å². The molecule has 1 aromatic heterocycles. The number of hydrogen-bond acceptors (Lipinski definition) is 3. The average molecular weight is 331 g/mol. The summed E-state index contributed by atoms with van der Waals surface area (Å²) >= 11 is 3.59. The van der Waals surface area contributed by atoms with Crippen molar-refractivity contribution in [1.82, 2.24) is 4.98 Å². The summed E-state index contributed by atoms with van der Waals surface area (Å²) in [7, 11) is 0. The average Bonchev–Trinajstić information content (AvgIpc) is 2.83. The zero-order valence-electron chi connectivity index (χ0n) is 11.6. The molecule has 2 aromatic carbocycles. The Labute approximate surface area is 125 Å². The molecule has 0 spiro atoms. The normalized spacial score (nSPS) is 11.2. The van der Waals surface area contributed by atoms with E-state index in [1.165, 1.54) is 11.1 Å². The van der Waals surface area contributed by atoms with E-state index < -0.39 is 0 Å². The molecule has 20 heavy (non-hydrogen) atoms. The molecule has 0 saturated carbocycles. The van der Waals surface area contributed by atoms with Crippen molar-refractivity contribution in [1.29, 1.82) is 0 Å². The smallest absolute Gasteiger partial charge is 0.227 e. The van der Waals surface area contributed by atoms with E-state index in [9.17, 15) is 0 Å². The largest absolute Gasteiger partial charge is 0.435 e. The van der Waals surface area contributed by atoms with Crippen LogP contribution in [-0.4, -0.2) is 4.98 Å². The number of aryl methyl sites for hydroxylation is 2. The molecule has 4 heteroatoms. The Balaban J connectivity index is 2.23. The second-order valence-corrected chi connectivity index (χ2v) is 5.86. The fourth-order valence-corrected chi connectivity index (χ4v) is 2.77. The minimum atomic E-state index is 0.619. The summed E-state index contributed by atoms with van der Waals surface area (Å²) in [5, 5.41) is 0. The van der Waals surface area contributed by atoms with E-state index in [1.807, 2.05) is 31.2 Å². The number of nitrogens with two attached hydrogens (primary N) is 1. The third-order valence-corrected chi connectivity index (χ3v) is 4.60. The Morgan fingerprint density at radius 2 is 1.85 bits per heavy atom. The maximum absolute atomic E-state index is 5.92. The van der Waals surface area contributed by atoms with Crippen molar-refractivity contribution in [3.05, 3.63) is 45.4 Å². The topological polar surface area (TPSA) is 52.0 Å². The van der Waals surface area contributed by atoms with Crippen LogP contribution in [0.4, 0.5) is 5.69 Å². The molecule has 0 aliphatic rings. The molecule has 0 bridgehead atoms. The summed E-state index contributed by atoms with van der Waals surface area (Å²) in [4.78, 5) is 4.58. The van der Waals surface area contributed by atoms with E-state index in [4.69, 9.17) is 10.2 Å². The number of nitrogen functional groups attached to an aromatic ring is 1. The Kier molecular flexibility index (Phi) is 3.05. The maximum Gasteiger partial charge on any atom is 0.227 e. The molecule has 0 aliphatic heterocycles. The van der Waals surface area contributed by atoms with Crippen LogP contribution in [0.3, 0.4) is 0 Å². The summed E-state index contributed by atoms with van der Waals surface area (Å²) in [5.74, 6) is 0.619. The fraction of sp³-hybridized carbons (Fsp3) is 0.188. The molecule has 0 atom stereocenters. The third kappa shape index (κ3) is 2.00. The molecule has 1 heterocycles. The minimum absolute atomic E-state index is 0.619. The van der Waals surface area contributed by atoms with Gasteiger partial charge in [0, 0.05) is 11.3 Å². The van der Waals surface area contributed by atoms with Gasteiger partial charge in [-0.2, -0.15) is 0 Å². The molecule has 3 aromatic rings. The van der Waals surface area contributed by atoms with Gasteiger partial charge in [0.1, 0.15) is 5.52 Å². The van der Waals surface area contributed by atoms with Crippen molar-refractivity contribution in [3.63, 3.8) is 0 Å². The summed E-state index contributed by atoms with van der Waals surface area (Å²) in [6, 6.07) is 7.85. The first-order chi connectivity index (χ1) is 9.47. The highest BCUT2D eigenvalue weighted by Gasteiger charge is 2.14. The van der Waals surface area contributed by atoms with Gasteiger partial charge in [0.05, 0.1) is 4.47 Å². The molecule has 0 saturated heterocycles. The van der Waals surface area contributed by atoms with E-state index in [2.05, 4.69) is 34.8 Å². The molecular formula is C16H15BrN2O. The zero-order chi connectivity index (χ0) is 14.4. The van der Waals surface area contributed by atoms with Crippen molar-refractivity contribution in [2.45, 2.75) is 20.8 Å². The van der Waals surface area contributed by atoms with Gasteiger partial charge in [0.2, 0.25) is 5.89 Å². The Bertz CT molecular complexity index is 821. The molecule has 2 N–H and O–H groups in total. The summed E-state index contributed by atoms with van der Waals surface area (Å²) in [5.41, 5.74) is 12.6. The van der Waals surface area contributed by atoms with E-state index in [0.29, 0.717) is 5.89 Å². The van der Waals surface area contributed by atoms with Gasteiger partial charge in [0.15, 0.2) is 5.58 Å². The maximum atomic E-state index is 5.92. The Morgan fingerprint density at radius 1 is 1.10 bits per heavy atom. The molecule has 0 aliphatic carbocycles. The number of benzene rings is 2. The van der Waals surface area contributed by atoms with E-state index >= 15 is 0 Å². The van der Waals surface area contributed by atoms with Crippen molar-refractivity contribution in [2.75, 3.05) is 5.73 Å². The van der Waals surface area contributed by atoms with Gasteiger partial charge in [-0.1, -0.05) is 0 Å². The molecule has 0 unspecified atom stereocenters. The van der Waals surface area contributed by atoms with Crippen LogP contribution in [-0.2, 0) is 0 Å². The van der Waals surface area contributed by atoms with Gasteiger partial charge in [-0.05, 0) is 77.7 Å². The van der Waals surface area contributed by atoms with Crippen molar-refractivity contribution < 1.29 is 4.42 Å². The molecule has 3 nitrogen and oxygen atoms in total. The lowest BCUT2D eigenvalue weighted by molar-refractivity contribution is 0.617. The highest BCUT2D eigenvalue weighted by molar-refractivity contribution is 9.10. The molecule has 3 rings (SSSR count). The number of fused-ring (bicyclic) bond motifs is 1. The highest BCUT2D eigenvalue weighted by atomic mass is 79.9. The monoisotopic (exact) mass is 330 g/mol. The van der Waals surface area contributed by atoms with Gasteiger partial charge in [0.25, 0.3) is 0 Å². The quantitative estimate of drug-likeness (QED) is 0.654. The van der Waals surface area contributed by atoms with Crippen LogP contribution in [0.5, 0.6) is 0 Å². The molecule has 0 amide bonds. The van der Waals surface area contributed by atoms with Crippen LogP contribution in [0, 0.1) is 20.8 Å². The lowest BCUT2D eigenvalue weighted by atomic mass is 10.1. The van der Waals surface area contributed by atoms with Gasteiger partial charge in [-0.15, -0.1) is 0 Å². The number of anilines is 1. The minimum Gasteiger partial charge on any atom is -0.435 e. The molecule has 102 valence electrons. The Hall–Kier alpha value is -1.81. The standard InChI is InChI=1S/C16H15BrN2O/c1-8-7-13-15(14(17)10(8)3)20-16(19-13)11-4-5-12(18)9(2)6-11/h4-7H,18H2,1-3H3. The first-order valence-electron chi connectivity index (χ1n) is 6.40. The molecule has 0 radical (unpaired) electrons. The summed E-state index contributed by atoms with van der Waals surface area (Å²) in [6.07, 6.45) is 0. The zero-order valence-corrected chi connectivity index (χ0v) is 13.2. The van der Waals surface area contributed by atoms with E-state index in [0.717, 1.165) is 32.4 Å². The number of hydrogen-bond donors (Lipinski definition) is 1. The molecule has 0 fully saturated rings. The van der Waals surface area contributed by atoms with Crippen molar-refractivity contribution in [2.24, 2.45) is 0 Å². The Morgan fingerprint density at radius 3 is 2.55 bits per heavy atom. The van der Waals surface area contributed by atoms with E-state index in [-0.39, 0.29) is 0 Å². The van der Waals surface area contributed by atoms with Crippen LogP contribution >= 0.6 is 15.9 Å². The number of aromatic nitrogens is 1. The third-order valence-electron chi connectivity index (χ3n) is 3.64. The highest BCUT2D eigenvalue weighted by Crippen LogP contribution is 2.33. The van der Waals surface area contributed by atoms with Gasteiger partial charge in [-0.25, -0.2) is 4.98 Å². The number of oxazole rings is 1. The van der Waals surface area contributed by atoms with Crippen LogP contribution < -0.4 is 5.73 Å². The van der Waals surface area contributed by atoms with Crippen LogP contribution in [0.25, 0.3) is 22.6 Å². The SMILES string of the molecule is Cc1cc(-c2nc3cc(C)c(C)c(Br)c3o2)ccc1N. The number of rotatable bonds is 1. The predicted octanol–water partition coefficient (Wildman–Crippen LogP) is 4.76. The second-order valence-electron chi connectivity index (χ2n) is 5.07. The van der Waals surface area contributed by atoms with Gasteiger partial charge >= 0.3 is 0 Å². The lowest BCUT2D eigenvalue weighted by Crippen LogP contribution is -1.89. The van der Waals surface area contributed by atoms with Crippen LogP contribution in [0.2, 0.25) is 0 Å². The fourth-order valence-electron chi connectivity index (χ4n) is 2.18. The second kappa shape index (κ2) is 4.63. The predicted molar refractivity (Wildman–Crippen MR) is 85.8 cm³/mol. The first kappa shape index (κ1) is 13.2. The lowest BCUT2D eigenvalue weighted by Gasteiger charge is -2.02. The number of nitrogens with zero attached hydrogens (tertiary/aromatic N) is 1. The van der Waals surface area contributed by atoms with Crippen LogP contribution in [0.1, 0.15) is 16.7 Å². The summed E-state index contributed by atoms with van der Waals surface area (Å²) in [6.45, 7) is 6.11. The van der Waals surface area contributed by atoms with Crippen molar-refractivity contribution in [3.8, 4) is 11.5 Å². The first-order valence-corrected chi connectivity index (χ1v) is 7.19. The van der Waals surface area contributed by atoms with Gasteiger partial charge in [-0.3, -0.25) is 0 Å². The molecular weight excluding hydrogens is 316 g/mol. The summed E-state index contributed by atoms with van der Waals surface area (Å²) < 4.78 is 6.89.